The van der Waals surface area contributed by atoms with Gasteiger partial charge in [0.1, 0.15) is 0 Å². The molecular formula is C14H31NO4. The second-order valence-electron chi connectivity index (χ2n) is 4.72. The quantitative estimate of drug-likeness (QED) is 0.483. The second-order valence-corrected chi connectivity index (χ2v) is 4.72. The Kier molecular flexibility index (Phi) is 14.1. The first-order chi connectivity index (χ1) is 9.24. The summed E-state index contributed by atoms with van der Waals surface area (Å²) in [6.07, 6.45) is 2.70. The molecule has 0 amide bonds. The molecular weight excluding hydrogens is 246 g/mol. The lowest BCUT2D eigenvalue weighted by Gasteiger charge is -2.24. The van der Waals surface area contributed by atoms with Gasteiger partial charge in [0.2, 0.25) is 0 Å². The minimum Gasteiger partial charge on any atom is -0.389 e. The highest BCUT2D eigenvalue weighted by molar-refractivity contribution is 4.64. The van der Waals surface area contributed by atoms with E-state index in [1.807, 2.05) is 0 Å². The summed E-state index contributed by atoms with van der Waals surface area (Å²) in [6, 6.07) is 0. The summed E-state index contributed by atoms with van der Waals surface area (Å²) in [6.45, 7) is 7.04. The van der Waals surface area contributed by atoms with Crippen LogP contribution in [0.25, 0.3) is 0 Å². The molecule has 1 atom stereocenters. The first-order valence-electron chi connectivity index (χ1n) is 7.20. The Labute approximate surface area is 117 Å². The number of unbranched alkanes of at least 4 members (excludes halogenated alkanes) is 1. The van der Waals surface area contributed by atoms with Crippen LogP contribution in [0.5, 0.6) is 0 Å². The van der Waals surface area contributed by atoms with Gasteiger partial charge in [-0.2, -0.15) is 0 Å². The molecule has 0 fully saturated rings. The van der Waals surface area contributed by atoms with Gasteiger partial charge in [0.15, 0.2) is 0 Å². The van der Waals surface area contributed by atoms with Crippen molar-refractivity contribution in [3.63, 3.8) is 0 Å². The molecule has 0 aliphatic heterocycles. The van der Waals surface area contributed by atoms with E-state index in [2.05, 4.69) is 11.8 Å². The van der Waals surface area contributed by atoms with Crippen LogP contribution in [0, 0.1) is 0 Å². The summed E-state index contributed by atoms with van der Waals surface area (Å²) in [5, 5.41) is 9.94. The standard InChI is InChI=1S/C14H31NO4/c1-4-5-10-19-13-14(16)12-15(8-11-18-3)7-6-9-17-2/h14,16H,4-13H2,1-3H3. The number of aliphatic hydroxyl groups is 1. The third-order valence-corrected chi connectivity index (χ3v) is 2.86. The van der Waals surface area contributed by atoms with Gasteiger partial charge in [-0.15, -0.1) is 0 Å². The second kappa shape index (κ2) is 14.2. The Bertz CT molecular complexity index is 181. The molecule has 1 unspecified atom stereocenters. The summed E-state index contributed by atoms with van der Waals surface area (Å²) in [5.41, 5.74) is 0. The molecule has 19 heavy (non-hydrogen) atoms. The molecule has 0 saturated heterocycles. The number of hydrogen-bond acceptors (Lipinski definition) is 5. The molecule has 0 heterocycles. The molecule has 0 aliphatic rings. The Morgan fingerprint density at radius 2 is 1.74 bits per heavy atom. The van der Waals surface area contributed by atoms with Gasteiger partial charge in [-0.3, -0.25) is 4.90 Å². The number of nitrogens with zero attached hydrogens (tertiary/aromatic N) is 1. The monoisotopic (exact) mass is 277 g/mol. The van der Waals surface area contributed by atoms with Crippen LogP contribution in [0.4, 0.5) is 0 Å². The van der Waals surface area contributed by atoms with Gasteiger partial charge in [0, 0.05) is 47.1 Å². The van der Waals surface area contributed by atoms with Crippen LogP contribution in [-0.4, -0.2) is 76.4 Å². The fraction of sp³-hybridized carbons (Fsp3) is 1.00. The van der Waals surface area contributed by atoms with E-state index in [4.69, 9.17) is 14.2 Å². The number of ether oxygens (including phenoxy) is 3. The van der Waals surface area contributed by atoms with Gasteiger partial charge in [0.25, 0.3) is 0 Å². The SMILES string of the molecule is CCCCOCC(O)CN(CCCOC)CCOC. The normalized spacial score (nSPS) is 13.1. The molecule has 0 aliphatic carbocycles. The average molecular weight is 277 g/mol. The number of methoxy groups -OCH3 is 2. The van der Waals surface area contributed by atoms with Crippen molar-refractivity contribution in [2.75, 3.05) is 60.3 Å². The lowest BCUT2D eigenvalue weighted by Crippen LogP contribution is -2.38. The van der Waals surface area contributed by atoms with E-state index in [1.54, 1.807) is 14.2 Å². The molecule has 0 aromatic rings. The van der Waals surface area contributed by atoms with Gasteiger partial charge in [0.05, 0.1) is 19.3 Å². The minimum absolute atomic E-state index is 0.410. The van der Waals surface area contributed by atoms with Crippen molar-refractivity contribution in [2.24, 2.45) is 0 Å². The zero-order chi connectivity index (χ0) is 14.3. The van der Waals surface area contributed by atoms with Crippen molar-refractivity contribution in [1.29, 1.82) is 0 Å². The van der Waals surface area contributed by atoms with Crippen molar-refractivity contribution >= 4 is 0 Å². The highest BCUT2D eigenvalue weighted by Gasteiger charge is 2.11. The molecule has 0 aromatic carbocycles. The third-order valence-electron chi connectivity index (χ3n) is 2.86. The maximum Gasteiger partial charge on any atom is 0.0900 e. The summed E-state index contributed by atoms with van der Waals surface area (Å²) >= 11 is 0. The zero-order valence-corrected chi connectivity index (χ0v) is 12.8. The topological polar surface area (TPSA) is 51.2 Å². The van der Waals surface area contributed by atoms with Crippen LogP contribution in [0.2, 0.25) is 0 Å². The molecule has 0 spiro atoms. The van der Waals surface area contributed by atoms with Gasteiger partial charge in [-0.25, -0.2) is 0 Å². The van der Waals surface area contributed by atoms with Crippen molar-refractivity contribution in [3.8, 4) is 0 Å². The third kappa shape index (κ3) is 12.6. The molecule has 1 N–H and O–H groups in total. The molecule has 5 heteroatoms. The van der Waals surface area contributed by atoms with Crippen molar-refractivity contribution < 1.29 is 19.3 Å². The summed E-state index contributed by atoms with van der Waals surface area (Å²) < 4.78 is 15.6. The van der Waals surface area contributed by atoms with Gasteiger partial charge in [-0.1, -0.05) is 13.3 Å². The van der Waals surface area contributed by atoms with E-state index in [0.717, 1.165) is 45.6 Å². The van der Waals surface area contributed by atoms with Crippen molar-refractivity contribution in [3.05, 3.63) is 0 Å². The Balaban J connectivity index is 3.79. The first-order valence-corrected chi connectivity index (χ1v) is 7.20. The number of rotatable bonds is 14. The van der Waals surface area contributed by atoms with E-state index >= 15 is 0 Å². The number of hydrogen-bond donors (Lipinski definition) is 1. The van der Waals surface area contributed by atoms with E-state index in [1.165, 1.54) is 0 Å². The molecule has 5 nitrogen and oxygen atoms in total. The van der Waals surface area contributed by atoms with Crippen LogP contribution in [0.15, 0.2) is 0 Å². The van der Waals surface area contributed by atoms with Crippen LogP contribution >= 0.6 is 0 Å². The highest BCUT2D eigenvalue weighted by Crippen LogP contribution is 1.98. The molecule has 0 saturated carbocycles. The minimum atomic E-state index is -0.434. The van der Waals surface area contributed by atoms with E-state index in [9.17, 15) is 5.11 Å². The van der Waals surface area contributed by atoms with Crippen LogP contribution < -0.4 is 0 Å². The fourth-order valence-electron chi connectivity index (χ4n) is 1.76. The van der Waals surface area contributed by atoms with Crippen LogP contribution in [-0.2, 0) is 14.2 Å². The van der Waals surface area contributed by atoms with Crippen molar-refractivity contribution in [2.45, 2.75) is 32.3 Å². The van der Waals surface area contributed by atoms with Gasteiger partial charge >= 0.3 is 0 Å². The molecule has 0 rings (SSSR count). The number of aliphatic hydroxyl groups excluding tert-OH is 1. The predicted molar refractivity (Wildman–Crippen MR) is 76.5 cm³/mol. The molecule has 0 radical (unpaired) electrons. The Morgan fingerprint density at radius 3 is 2.37 bits per heavy atom. The van der Waals surface area contributed by atoms with E-state index < -0.39 is 6.10 Å². The van der Waals surface area contributed by atoms with Gasteiger partial charge in [-0.05, 0) is 12.8 Å². The van der Waals surface area contributed by atoms with E-state index in [-0.39, 0.29) is 0 Å². The van der Waals surface area contributed by atoms with Crippen LogP contribution in [0.3, 0.4) is 0 Å². The lowest BCUT2D eigenvalue weighted by atomic mass is 10.3. The smallest absolute Gasteiger partial charge is 0.0900 e. The zero-order valence-electron chi connectivity index (χ0n) is 12.8. The molecule has 0 bridgehead atoms. The maximum absolute atomic E-state index is 9.94. The molecule has 0 aromatic heterocycles. The molecule has 116 valence electrons. The summed E-state index contributed by atoms with van der Waals surface area (Å²) in [7, 11) is 3.40. The van der Waals surface area contributed by atoms with E-state index in [0.29, 0.717) is 19.8 Å². The summed E-state index contributed by atoms with van der Waals surface area (Å²) in [4.78, 5) is 2.19. The largest absolute Gasteiger partial charge is 0.389 e. The fourth-order valence-corrected chi connectivity index (χ4v) is 1.76. The average Bonchev–Trinajstić information content (AvgIpc) is 2.41. The Morgan fingerprint density at radius 1 is 1.00 bits per heavy atom. The Hall–Kier alpha value is -0.200. The lowest BCUT2D eigenvalue weighted by molar-refractivity contribution is 0.0105. The summed E-state index contributed by atoms with van der Waals surface area (Å²) in [5.74, 6) is 0. The van der Waals surface area contributed by atoms with Crippen molar-refractivity contribution in [1.82, 2.24) is 4.90 Å². The van der Waals surface area contributed by atoms with Gasteiger partial charge < -0.3 is 19.3 Å². The highest BCUT2D eigenvalue weighted by atomic mass is 16.5. The maximum atomic E-state index is 9.94. The van der Waals surface area contributed by atoms with Crippen LogP contribution in [0.1, 0.15) is 26.2 Å². The predicted octanol–water partition coefficient (Wildman–Crippen LogP) is 1.15. The first kappa shape index (κ1) is 18.8.